The molecule has 226 valence electrons. The highest BCUT2D eigenvalue weighted by Gasteiger charge is 2.24. The van der Waals surface area contributed by atoms with Crippen LogP contribution >= 0.6 is 0 Å². The van der Waals surface area contributed by atoms with Gasteiger partial charge in [0, 0.05) is 49.9 Å². The summed E-state index contributed by atoms with van der Waals surface area (Å²) in [6, 6.07) is 21.9. The van der Waals surface area contributed by atoms with Gasteiger partial charge in [0.1, 0.15) is 17.7 Å². The van der Waals surface area contributed by atoms with Crippen molar-refractivity contribution in [3.8, 4) is 11.4 Å². The quantitative estimate of drug-likeness (QED) is 0.146. The smallest absolute Gasteiger partial charge is 0.187 e. The van der Waals surface area contributed by atoms with Crippen LogP contribution < -0.4 is 4.74 Å². The largest absolute Gasteiger partial charge is 0.490 e. The molecule has 0 radical (unpaired) electrons. The first-order valence-corrected chi connectivity index (χ1v) is 15.5. The molecule has 0 spiro atoms. The van der Waals surface area contributed by atoms with Crippen molar-refractivity contribution < 1.29 is 13.9 Å². The Labute approximate surface area is 258 Å². The van der Waals surface area contributed by atoms with E-state index in [0.29, 0.717) is 18.0 Å². The average molecular weight is 592 g/mol. The Hall–Kier alpha value is -4.32. The number of ketones is 1. The lowest BCUT2D eigenvalue weighted by atomic mass is 9.89. The molecule has 2 saturated heterocycles. The van der Waals surface area contributed by atoms with Crippen molar-refractivity contribution in [1.29, 1.82) is 0 Å². The second-order valence-electron chi connectivity index (χ2n) is 12.0. The van der Waals surface area contributed by atoms with E-state index in [-0.39, 0.29) is 17.7 Å². The van der Waals surface area contributed by atoms with E-state index in [0.717, 1.165) is 87.5 Å². The molecule has 0 bridgehead atoms. The molecule has 0 saturated carbocycles. The van der Waals surface area contributed by atoms with E-state index in [2.05, 4.69) is 19.7 Å². The summed E-state index contributed by atoms with van der Waals surface area (Å²) in [5, 5.41) is 4.44. The number of hydrogen-bond donors (Lipinski definition) is 0. The Morgan fingerprint density at radius 1 is 0.886 bits per heavy atom. The summed E-state index contributed by atoms with van der Waals surface area (Å²) in [5.41, 5.74) is 4.60. The lowest BCUT2D eigenvalue weighted by Crippen LogP contribution is -2.37. The van der Waals surface area contributed by atoms with Crippen LogP contribution in [0.15, 0.2) is 85.2 Å². The van der Waals surface area contributed by atoms with Gasteiger partial charge in [-0.25, -0.2) is 13.9 Å². The van der Waals surface area contributed by atoms with Crippen LogP contribution in [0.4, 0.5) is 10.1 Å². The van der Waals surface area contributed by atoms with Crippen LogP contribution in [0.1, 0.15) is 53.6 Å². The molecule has 7 nitrogen and oxygen atoms in total. The molecule has 3 heterocycles. The summed E-state index contributed by atoms with van der Waals surface area (Å²) in [7, 11) is 0. The topological polar surface area (TPSA) is 55.0 Å². The van der Waals surface area contributed by atoms with Crippen LogP contribution in [-0.2, 0) is 13.1 Å². The molecule has 3 aromatic carbocycles. The molecule has 8 heteroatoms. The molecule has 0 atom stereocenters. The molecular weight excluding hydrogens is 553 g/mol. The van der Waals surface area contributed by atoms with E-state index in [1.807, 2.05) is 60.9 Å². The fourth-order valence-electron chi connectivity index (χ4n) is 6.22. The number of ether oxygens (including phenoxy) is 1. The fraction of sp³-hybridized carbons (Fsp3) is 0.361. The molecule has 2 aliphatic heterocycles. The third kappa shape index (κ3) is 7.79. The van der Waals surface area contributed by atoms with E-state index in [1.54, 1.807) is 16.8 Å². The van der Waals surface area contributed by atoms with Crippen LogP contribution in [0.2, 0.25) is 0 Å². The number of halogens is 1. The van der Waals surface area contributed by atoms with Crippen LogP contribution in [0.3, 0.4) is 0 Å². The third-order valence-electron chi connectivity index (χ3n) is 8.78. The second-order valence-corrected chi connectivity index (χ2v) is 12.0. The lowest BCUT2D eigenvalue weighted by Gasteiger charge is -2.32. The number of piperidine rings is 2. The maximum atomic E-state index is 13.2. The Morgan fingerprint density at radius 2 is 1.57 bits per heavy atom. The standard InChI is InChI=1S/C36H38FN5O2/c1-38-32-9-5-28(6-10-32)24-40-17-13-27(14-18-40)21-36(43)30-3-2-4-35(22-30)44-34-15-19-41(20-16-34)25-29-23-39-42(26-29)33-11-7-31(37)8-12-33/h2-12,22-23,26-27,34H,13-21,24-25H2. The minimum absolute atomic E-state index is 0.125. The Bertz CT molecular complexity index is 1580. The van der Waals surface area contributed by atoms with Crippen molar-refractivity contribution in [2.75, 3.05) is 26.2 Å². The number of carbonyl (C=O) groups excluding carboxylic acids is 1. The Morgan fingerprint density at radius 3 is 2.27 bits per heavy atom. The maximum absolute atomic E-state index is 13.2. The molecule has 44 heavy (non-hydrogen) atoms. The van der Waals surface area contributed by atoms with Crippen molar-refractivity contribution in [3.05, 3.63) is 119 Å². The number of nitrogens with zero attached hydrogens (tertiary/aromatic N) is 5. The zero-order valence-corrected chi connectivity index (χ0v) is 24.9. The molecule has 0 N–H and O–H groups in total. The van der Waals surface area contributed by atoms with E-state index < -0.39 is 0 Å². The van der Waals surface area contributed by atoms with Gasteiger partial charge in [0.05, 0.1) is 18.5 Å². The van der Waals surface area contributed by atoms with Crippen molar-refractivity contribution >= 4 is 11.5 Å². The zero-order valence-electron chi connectivity index (χ0n) is 24.9. The normalized spacial score (nSPS) is 16.9. The number of rotatable bonds is 10. The summed E-state index contributed by atoms with van der Waals surface area (Å²) in [6.45, 7) is 12.6. The highest BCUT2D eigenvalue weighted by molar-refractivity contribution is 5.96. The van der Waals surface area contributed by atoms with Crippen LogP contribution in [0.5, 0.6) is 5.75 Å². The third-order valence-corrected chi connectivity index (χ3v) is 8.78. The molecule has 2 fully saturated rings. The molecule has 1 aromatic heterocycles. The predicted molar refractivity (Wildman–Crippen MR) is 169 cm³/mol. The molecule has 0 unspecified atom stereocenters. The van der Waals surface area contributed by atoms with E-state index >= 15 is 0 Å². The van der Waals surface area contributed by atoms with Gasteiger partial charge in [-0.05, 0) is 86.7 Å². The molecular formula is C36H38FN5O2. The summed E-state index contributed by atoms with van der Waals surface area (Å²) >= 11 is 0. The first-order valence-electron chi connectivity index (χ1n) is 15.5. The predicted octanol–water partition coefficient (Wildman–Crippen LogP) is 7.09. The van der Waals surface area contributed by atoms with Gasteiger partial charge in [0.25, 0.3) is 0 Å². The van der Waals surface area contributed by atoms with Gasteiger partial charge in [-0.2, -0.15) is 5.10 Å². The van der Waals surface area contributed by atoms with Crippen LogP contribution in [0.25, 0.3) is 10.5 Å². The fourth-order valence-corrected chi connectivity index (χ4v) is 6.22. The minimum Gasteiger partial charge on any atom is -0.490 e. The number of hydrogen-bond acceptors (Lipinski definition) is 5. The number of benzene rings is 3. The molecule has 2 aliphatic rings. The number of likely N-dealkylation sites (tertiary alicyclic amines) is 2. The average Bonchev–Trinajstić information content (AvgIpc) is 3.52. The van der Waals surface area contributed by atoms with Crippen LogP contribution in [0, 0.1) is 18.3 Å². The van der Waals surface area contributed by atoms with Gasteiger partial charge in [0.2, 0.25) is 0 Å². The van der Waals surface area contributed by atoms with Crippen molar-refractivity contribution in [3.63, 3.8) is 0 Å². The van der Waals surface area contributed by atoms with E-state index in [9.17, 15) is 9.18 Å². The van der Waals surface area contributed by atoms with Crippen LogP contribution in [-0.4, -0.2) is 57.6 Å². The SMILES string of the molecule is [C-]#[N+]c1ccc(CN2CCC(CC(=O)c3cccc(OC4CCN(Cc5cnn(-c6ccc(F)cc6)c5)CC4)c3)CC2)cc1. The monoisotopic (exact) mass is 591 g/mol. The second kappa shape index (κ2) is 14.0. The Kier molecular flexibility index (Phi) is 9.45. The summed E-state index contributed by atoms with van der Waals surface area (Å²) in [5.74, 6) is 1.11. The molecule has 0 aliphatic carbocycles. The van der Waals surface area contributed by atoms with E-state index in [1.165, 1.54) is 17.7 Å². The van der Waals surface area contributed by atoms with Crippen molar-refractivity contribution in [1.82, 2.24) is 19.6 Å². The lowest BCUT2D eigenvalue weighted by molar-refractivity contribution is 0.0915. The van der Waals surface area contributed by atoms with Gasteiger partial charge < -0.3 is 4.74 Å². The van der Waals surface area contributed by atoms with Gasteiger partial charge >= 0.3 is 0 Å². The van der Waals surface area contributed by atoms with Crippen molar-refractivity contribution in [2.24, 2.45) is 5.92 Å². The summed E-state index contributed by atoms with van der Waals surface area (Å²) < 4.78 is 21.4. The maximum Gasteiger partial charge on any atom is 0.187 e. The van der Waals surface area contributed by atoms with E-state index in [4.69, 9.17) is 11.3 Å². The van der Waals surface area contributed by atoms with Gasteiger partial charge in [-0.1, -0.05) is 36.4 Å². The number of aromatic nitrogens is 2. The summed E-state index contributed by atoms with van der Waals surface area (Å²) in [6.07, 6.45) is 8.46. The summed E-state index contributed by atoms with van der Waals surface area (Å²) in [4.78, 5) is 21.5. The first kappa shape index (κ1) is 29.7. The first-order chi connectivity index (χ1) is 21.5. The number of carbonyl (C=O) groups is 1. The van der Waals surface area contributed by atoms with Crippen molar-refractivity contribution in [2.45, 2.75) is 51.3 Å². The number of Topliss-reactive ketones (excluding diaryl/α,β-unsaturated/α-hetero) is 1. The molecule has 6 rings (SSSR count). The Balaban J connectivity index is 0.932. The highest BCUT2D eigenvalue weighted by Crippen LogP contribution is 2.26. The minimum atomic E-state index is -0.255. The zero-order chi connectivity index (χ0) is 30.3. The van der Waals surface area contributed by atoms with Gasteiger partial charge in [-0.15, -0.1) is 0 Å². The van der Waals surface area contributed by atoms with Gasteiger partial charge in [-0.3, -0.25) is 14.6 Å². The van der Waals surface area contributed by atoms with Gasteiger partial charge in [0.15, 0.2) is 11.5 Å². The molecule has 0 amide bonds. The molecule has 4 aromatic rings. The highest BCUT2D eigenvalue weighted by atomic mass is 19.1.